The Morgan fingerprint density at radius 1 is 1.20 bits per heavy atom. The first-order valence-corrected chi connectivity index (χ1v) is 7.01. The Balaban J connectivity index is 2.61. The van der Waals surface area contributed by atoms with Crippen molar-refractivity contribution in [3.8, 4) is 0 Å². The molecule has 1 aromatic carbocycles. The van der Waals surface area contributed by atoms with Crippen LogP contribution in [0.25, 0.3) is 0 Å². The summed E-state index contributed by atoms with van der Waals surface area (Å²) in [6, 6.07) is 7.58. The molecular weight excluding hydrogens is 252 g/mol. The van der Waals surface area contributed by atoms with Gasteiger partial charge in [-0.3, -0.25) is 9.59 Å². The maximum absolute atomic E-state index is 11.9. The molecule has 0 heterocycles. The number of carbonyl (C=O) groups excluding carboxylic acids is 2. The van der Waals surface area contributed by atoms with Gasteiger partial charge in [-0.15, -0.1) is 0 Å². The Labute approximate surface area is 121 Å². The molecule has 0 bridgehead atoms. The fraction of sp³-hybridized carbons (Fsp3) is 0.500. The second-order valence-electron chi connectivity index (χ2n) is 5.47. The first-order valence-electron chi connectivity index (χ1n) is 7.01. The minimum atomic E-state index is -0.132. The lowest BCUT2D eigenvalue weighted by atomic mass is 10.1. The number of hydrogen-bond donors (Lipinski definition) is 1. The molecule has 110 valence electrons. The van der Waals surface area contributed by atoms with E-state index in [4.69, 9.17) is 0 Å². The number of hydrogen-bond acceptors (Lipinski definition) is 2. The van der Waals surface area contributed by atoms with Crippen LogP contribution in [0.1, 0.15) is 32.8 Å². The van der Waals surface area contributed by atoms with Crippen LogP contribution >= 0.6 is 0 Å². The van der Waals surface area contributed by atoms with E-state index in [2.05, 4.69) is 19.2 Å². The van der Waals surface area contributed by atoms with E-state index in [1.54, 1.807) is 0 Å². The van der Waals surface area contributed by atoms with Crippen molar-refractivity contribution in [2.75, 3.05) is 18.0 Å². The first kappa shape index (κ1) is 16.2. The van der Waals surface area contributed by atoms with Crippen molar-refractivity contribution in [2.45, 2.75) is 34.1 Å². The van der Waals surface area contributed by atoms with Crippen LogP contribution in [-0.2, 0) is 9.59 Å². The molecule has 0 aliphatic rings. The van der Waals surface area contributed by atoms with Crippen LogP contribution in [0.2, 0.25) is 0 Å². The van der Waals surface area contributed by atoms with Gasteiger partial charge in [-0.1, -0.05) is 31.5 Å². The lowest BCUT2D eigenvalue weighted by molar-refractivity contribution is -0.123. The zero-order valence-corrected chi connectivity index (χ0v) is 12.8. The van der Waals surface area contributed by atoms with Gasteiger partial charge in [0, 0.05) is 19.2 Å². The number of nitrogens with zero attached hydrogens (tertiary/aromatic N) is 1. The van der Waals surface area contributed by atoms with Crippen LogP contribution in [0, 0.1) is 12.8 Å². The lowest BCUT2D eigenvalue weighted by Crippen LogP contribution is -2.40. The molecule has 0 saturated heterocycles. The van der Waals surface area contributed by atoms with Gasteiger partial charge in [-0.25, -0.2) is 0 Å². The Hall–Kier alpha value is -1.84. The molecule has 4 nitrogen and oxygen atoms in total. The van der Waals surface area contributed by atoms with Crippen molar-refractivity contribution in [3.63, 3.8) is 0 Å². The maximum atomic E-state index is 11.9. The zero-order chi connectivity index (χ0) is 15.1. The second kappa shape index (κ2) is 7.68. The SMILES string of the molecule is CC(=O)N(CC(=O)NCCC(C)C)c1ccc(C)cc1. The Bertz CT molecular complexity index is 452. The maximum Gasteiger partial charge on any atom is 0.240 e. The smallest absolute Gasteiger partial charge is 0.240 e. The Morgan fingerprint density at radius 3 is 2.30 bits per heavy atom. The summed E-state index contributed by atoms with van der Waals surface area (Å²) < 4.78 is 0. The fourth-order valence-electron chi connectivity index (χ4n) is 1.81. The average molecular weight is 276 g/mol. The molecular formula is C16H24N2O2. The fourth-order valence-corrected chi connectivity index (χ4v) is 1.81. The number of rotatable bonds is 6. The summed E-state index contributed by atoms with van der Waals surface area (Å²) in [5.41, 5.74) is 1.88. The predicted molar refractivity (Wildman–Crippen MR) is 81.7 cm³/mol. The van der Waals surface area contributed by atoms with Crippen LogP contribution in [0.15, 0.2) is 24.3 Å². The average Bonchev–Trinajstić information content (AvgIpc) is 2.36. The van der Waals surface area contributed by atoms with Gasteiger partial charge in [0.1, 0.15) is 6.54 Å². The predicted octanol–water partition coefficient (Wildman–Crippen LogP) is 2.51. The summed E-state index contributed by atoms with van der Waals surface area (Å²) in [6.45, 7) is 8.40. The number of aryl methyl sites for hydroxylation is 1. The van der Waals surface area contributed by atoms with Crippen LogP contribution < -0.4 is 10.2 Å². The summed E-state index contributed by atoms with van der Waals surface area (Å²) >= 11 is 0. The third-order valence-electron chi connectivity index (χ3n) is 3.07. The Kier molecular flexibility index (Phi) is 6.22. The summed E-state index contributed by atoms with van der Waals surface area (Å²) in [6.07, 6.45) is 0.941. The normalized spacial score (nSPS) is 10.4. The first-order chi connectivity index (χ1) is 9.40. The highest BCUT2D eigenvalue weighted by Gasteiger charge is 2.15. The van der Waals surface area contributed by atoms with Gasteiger partial charge in [0.2, 0.25) is 11.8 Å². The van der Waals surface area contributed by atoms with Gasteiger partial charge in [-0.2, -0.15) is 0 Å². The van der Waals surface area contributed by atoms with E-state index in [0.717, 1.165) is 17.7 Å². The van der Waals surface area contributed by atoms with E-state index in [-0.39, 0.29) is 18.4 Å². The van der Waals surface area contributed by atoms with Gasteiger partial charge in [0.15, 0.2) is 0 Å². The highest BCUT2D eigenvalue weighted by molar-refractivity contribution is 5.97. The number of amides is 2. The molecule has 0 radical (unpaired) electrons. The quantitative estimate of drug-likeness (QED) is 0.868. The molecule has 1 N–H and O–H groups in total. The van der Waals surface area contributed by atoms with Gasteiger partial charge < -0.3 is 10.2 Å². The van der Waals surface area contributed by atoms with E-state index in [1.807, 2.05) is 31.2 Å². The molecule has 2 amide bonds. The van der Waals surface area contributed by atoms with Crippen LogP contribution in [0.3, 0.4) is 0 Å². The molecule has 0 aliphatic carbocycles. The second-order valence-corrected chi connectivity index (χ2v) is 5.47. The highest BCUT2D eigenvalue weighted by atomic mass is 16.2. The van der Waals surface area contributed by atoms with Crippen molar-refractivity contribution in [1.82, 2.24) is 5.32 Å². The van der Waals surface area contributed by atoms with Crippen molar-refractivity contribution < 1.29 is 9.59 Å². The molecule has 0 aromatic heterocycles. The number of benzene rings is 1. The number of anilines is 1. The lowest BCUT2D eigenvalue weighted by Gasteiger charge is -2.21. The third-order valence-corrected chi connectivity index (χ3v) is 3.07. The van der Waals surface area contributed by atoms with Crippen molar-refractivity contribution in [3.05, 3.63) is 29.8 Å². The molecule has 0 spiro atoms. The van der Waals surface area contributed by atoms with Gasteiger partial charge in [-0.05, 0) is 31.4 Å². The number of nitrogens with one attached hydrogen (secondary N) is 1. The molecule has 1 rings (SSSR count). The zero-order valence-electron chi connectivity index (χ0n) is 12.8. The molecule has 0 atom stereocenters. The summed E-state index contributed by atoms with van der Waals surface area (Å²) in [5, 5.41) is 2.85. The minimum absolute atomic E-state index is 0.0660. The van der Waals surface area contributed by atoms with Crippen molar-refractivity contribution in [1.29, 1.82) is 0 Å². The van der Waals surface area contributed by atoms with Crippen LogP contribution in [-0.4, -0.2) is 24.9 Å². The summed E-state index contributed by atoms with van der Waals surface area (Å²) in [4.78, 5) is 25.1. The van der Waals surface area contributed by atoms with Crippen molar-refractivity contribution >= 4 is 17.5 Å². The molecule has 0 saturated carbocycles. The summed E-state index contributed by atoms with van der Waals surface area (Å²) in [7, 11) is 0. The topological polar surface area (TPSA) is 49.4 Å². The molecule has 0 aliphatic heterocycles. The molecule has 0 unspecified atom stereocenters. The molecule has 1 aromatic rings. The van der Waals surface area contributed by atoms with Crippen LogP contribution in [0.4, 0.5) is 5.69 Å². The molecule has 0 fully saturated rings. The monoisotopic (exact) mass is 276 g/mol. The molecule has 4 heteroatoms. The molecule has 20 heavy (non-hydrogen) atoms. The largest absolute Gasteiger partial charge is 0.355 e. The van der Waals surface area contributed by atoms with Gasteiger partial charge in [0.05, 0.1) is 0 Å². The number of carbonyl (C=O) groups is 2. The van der Waals surface area contributed by atoms with Crippen molar-refractivity contribution in [2.24, 2.45) is 5.92 Å². The van der Waals surface area contributed by atoms with E-state index in [0.29, 0.717) is 12.5 Å². The van der Waals surface area contributed by atoms with E-state index < -0.39 is 0 Å². The minimum Gasteiger partial charge on any atom is -0.355 e. The van der Waals surface area contributed by atoms with Gasteiger partial charge in [0.25, 0.3) is 0 Å². The van der Waals surface area contributed by atoms with Gasteiger partial charge >= 0.3 is 0 Å². The van der Waals surface area contributed by atoms with E-state index >= 15 is 0 Å². The third kappa shape index (κ3) is 5.43. The Morgan fingerprint density at radius 2 is 1.80 bits per heavy atom. The van der Waals surface area contributed by atoms with Crippen LogP contribution in [0.5, 0.6) is 0 Å². The summed E-state index contributed by atoms with van der Waals surface area (Å²) in [5.74, 6) is 0.297. The van der Waals surface area contributed by atoms with E-state index in [9.17, 15) is 9.59 Å². The highest BCUT2D eigenvalue weighted by Crippen LogP contribution is 2.15. The standard InChI is InChI=1S/C16H24N2O2/c1-12(2)9-10-17-16(20)11-18(14(4)19)15-7-5-13(3)6-8-15/h5-8,12H,9-11H2,1-4H3,(H,17,20). The van der Waals surface area contributed by atoms with E-state index in [1.165, 1.54) is 11.8 Å².